The van der Waals surface area contributed by atoms with Crippen LogP contribution in [0.1, 0.15) is 49.2 Å². The molecule has 1 aliphatic rings. The molecule has 1 amide bonds. The van der Waals surface area contributed by atoms with Crippen LogP contribution in [-0.4, -0.2) is 72.5 Å². The summed E-state index contributed by atoms with van der Waals surface area (Å²) in [6, 6.07) is 13.4. The Kier molecular flexibility index (Phi) is 8.62. The van der Waals surface area contributed by atoms with Crippen molar-refractivity contribution in [3.8, 4) is 0 Å². The van der Waals surface area contributed by atoms with Crippen LogP contribution in [0.5, 0.6) is 0 Å². The first-order valence-corrected chi connectivity index (χ1v) is 11.5. The van der Waals surface area contributed by atoms with Gasteiger partial charge < -0.3 is 14.5 Å². The zero-order valence-corrected chi connectivity index (χ0v) is 19.4. The number of carbonyl (C=O) groups is 2. The van der Waals surface area contributed by atoms with E-state index in [2.05, 4.69) is 28.6 Å². The van der Waals surface area contributed by atoms with Crippen LogP contribution in [0.4, 0.5) is 5.82 Å². The van der Waals surface area contributed by atoms with Gasteiger partial charge in [0.1, 0.15) is 11.9 Å². The Labute approximate surface area is 191 Å². The third-order valence-corrected chi connectivity index (χ3v) is 5.92. The van der Waals surface area contributed by atoms with Gasteiger partial charge in [0.05, 0.1) is 12.2 Å². The molecule has 1 unspecified atom stereocenters. The number of rotatable bonds is 8. The first-order chi connectivity index (χ1) is 15.6. The number of benzene rings is 1. The molecule has 32 heavy (non-hydrogen) atoms. The van der Waals surface area contributed by atoms with Crippen LogP contribution in [0.15, 0.2) is 48.7 Å². The summed E-state index contributed by atoms with van der Waals surface area (Å²) in [7, 11) is 0. The number of likely N-dealkylation sites (N-methyl/N-ethyl adjacent to an activating group) is 1. The monoisotopic (exact) mass is 438 g/mol. The Bertz CT molecular complexity index is 869. The molecule has 1 aliphatic heterocycles. The summed E-state index contributed by atoms with van der Waals surface area (Å²) in [4.78, 5) is 36.4. The van der Waals surface area contributed by atoms with Crippen molar-refractivity contribution in [3.63, 3.8) is 0 Å². The Morgan fingerprint density at radius 2 is 1.75 bits per heavy atom. The van der Waals surface area contributed by atoms with Gasteiger partial charge in [0.15, 0.2) is 0 Å². The standard InChI is InChI=1S/C25H34N4O3/c1-4-27(5-2)23(20-11-8-7-9-12-20)24(30)29-16-10-15-28(17-18-29)22-14-13-21(19-26-22)25(31)32-6-3/h7-9,11-14,19,23H,4-6,10,15-18H2,1-3H3. The zero-order chi connectivity index (χ0) is 22.9. The second-order valence-electron chi connectivity index (χ2n) is 7.83. The topological polar surface area (TPSA) is 66.0 Å². The van der Waals surface area contributed by atoms with E-state index in [4.69, 9.17) is 4.74 Å². The van der Waals surface area contributed by atoms with E-state index in [1.54, 1.807) is 19.2 Å². The largest absolute Gasteiger partial charge is 0.462 e. The number of ether oxygens (including phenoxy) is 1. The normalized spacial score (nSPS) is 15.4. The summed E-state index contributed by atoms with van der Waals surface area (Å²) in [5.74, 6) is 0.616. The molecule has 3 rings (SSSR count). The maximum absolute atomic E-state index is 13.6. The van der Waals surface area contributed by atoms with Crippen LogP contribution in [0.2, 0.25) is 0 Å². The van der Waals surface area contributed by atoms with Gasteiger partial charge in [-0.1, -0.05) is 44.2 Å². The van der Waals surface area contributed by atoms with Crippen molar-refractivity contribution in [1.29, 1.82) is 0 Å². The highest BCUT2D eigenvalue weighted by Gasteiger charge is 2.31. The first-order valence-electron chi connectivity index (χ1n) is 11.5. The molecule has 7 nitrogen and oxygen atoms in total. The molecular formula is C25H34N4O3. The molecule has 1 fully saturated rings. The van der Waals surface area contributed by atoms with Crippen LogP contribution < -0.4 is 4.90 Å². The Morgan fingerprint density at radius 1 is 1.00 bits per heavy atom. The lowest BCUT2D eigenvalue weighted by molar-refractivity contribution is -0.137. The number of nitrogens with zero attached hydrogens (tertiary/aromatic N) is 4. The molecule has 2 aromatic rings. The van der Waals surface area contributed by atoms with E-state index < -0.39 is 0 Å². The maximum atomic E-state index is 13.6. The fourth-order valence-corrected chi connectivity index (χ4v) is 4.18. The number of carbonyl (C=O) groups excluding carboxylic acids is 2. The SMILES string of the molecule is CCOC(=O)c1ccc(N2CCCN(C(=O)C(c3ccccc3)N(CC)CC)CC2)nc1. The van der Waals surface area contributed by atoms with E-state index in [9.17, 15) is 9.59 Å². The molecule has 0 spiro atoms. The number of anilines is 1. The van der Waals surface area contributed by atoms with Crippen molar-refractivity contribution < 1.29 is 14.3 Å². The smallest absolute Gasteiger partial charge is 0.339 e. The van der Waals surface area contributed by atoms with Gasteiger partial charge in [-0.25, -0.2) is 9.78 Å². The Morgan fingerprint density at radius 3 is 2.38 bits per heavy atom. The average molecular weight is 439 g/mol. The highest BCUT2D eigenvalue weighted by Crippen LogP contribution is 2.24. The highest BCUT2D eigenvalue weighted by molar-refractivity contribution is 5.89. The lowest BCUT2D eigenvalue weighted by Gasteiger charge is -2.33. The van der Waals surface area contributed by atoms with Crippen molar-refractivity contribution >= 4 is 17.7 Å². The number of aromatic nitrogens is 1. The van der Waals surface area contributed by atoms with Gasteiger partial charge in [-0.05, 0) is 44.1 Å². The third kappa shape index (κ3) is 5.65. The Hall–Kier alpha value is -2.93. The maximum Gasteiger partial charge on any atom is 0.339 e. The molecule has 1 aromatic heterocycles. The molecule has 0 radical (unpaired) electrons. The predicted molar refractivity (Wildman–Crippen MR) is 126 cm³/mol. The van der Waals surface area contributed by atoms with Gasteiger partial charge in [0.2, 0.25) is 5.91 Å². The van der Waals surface area contributed by atoms with Gasteiger partial charge in [-0.2, -0.15) is 0 Å². The molecule has 1 aromatic carbocycles. The van der Waals surface area contributed by atoms with Gasteiger partial charge in [-0.15, -0.1) is 0 Å². The lowest BCUT2D eigenvalue weighted by atomic mass is 10.0. The van der Waals surface area contributed by atoms with Crippen LogP contribution in [0.25, 0.3) is 0 Å². The number of amides is 1. The van der Waals surface area contributed by atoms with E-state index in [1.807, 2.05) is 41.3 Å². The van der Waals surface area contributed by atoms with Gasteiger partial charge in [0, 0.05) is 32.4 Å². The fourth-order valence-electron chi connectivity index (χ4n) is 4.18. The molecule has 172 valence electrons. The lowest BCUT2D eigenvalue weighted by Crippen LogP contribution is -2.44. The van der Waals surface area contributed by atoms with E-state index in [0.717, 1.165) is 44.0 Å². The number of hydrogen-bond donors (Lipinski definition) is 0. The number of esters is 1. The molecule has 0 bridgehead atoms. The second kappa shape index (κ2) is 11.6. The summed E-state index contributed by atoms with van der Waals surface area (Å²) >= 11 is 0. The number of hydrogen-bond acceptors (Lipinski definition) is 6. The van der Waals surface area contributed by atoms with Gasteiger partial charge >= 0.3 is 5.97 Å². The summed E-state index contributed by atoms with van der Waals surface area (Å²) < 4.78 is 5.03. The minimum absolute atomic E-state index is 0.160. The van der Waals surface area contributed by atoms with Crippen LogP contribution in [-0.2, 0) is 9.53 Å². The third-order valence-electron chi connectivity index (χ3n) is 5.92. The summed E-state index contributed by atoms with van der Waals surface area (Å²) in [6.07, 6.45) is 2.43. The summed E-state index contributed by atoms with van der Waals surface area (Å²) in [5.41, 5.74) is 1.49. The molecule has 7 heteroatoms. The minimum atomic E-state index is -0.359. The molecular weight excluding hydrogens is 404 g/mol. The number of pyridine rings is 1. The quantitative estimate of drug-likeness (QED) is 0.589. The van der Waals surface area contributed by atoms with E-state index in [-0.39, 0.29) is 17.9 Å². The summed E-state index contributed by atoms with van der Waals surface area (Å²) in [5, 5.41) is 0. The highest BCUT2D eigenvalue weighted by atomic mass is 16.5. The van der Waals surface area contributed by atoms with Crippen molar-refractivity contribution in [3.05, 3.63) is 59.8 Å². The zero-order valence-electron chi connectivity index (χ0n) is 19.4. The molecule has 1 atom stereocenters. The Balaban J connectivity index is 1.70. The average Bonchev–Trinajstić information content (AvgIpc) is 3.09. The molecule has 2 heterocycles. The van der Waals surface area contributed by atoms with Crippen LogP contribution in [0, 0.1) is 0 Å². The van der Waals surface area contributed by atoms with Crippen LogP contribution >= 0.6 is 0 Å². The molecule has 0 saturated carbocycles. The van der Waals surface area contributed by atoms with Gasteiger partial charge in [-0.3, -0.25) is 9.69 Å². The minimum Gasteiger partial charge on any atom is -0.462 e. The van der Waals surface area contributed by atoms with E-state index >= 15 is 0 Å². The van der Waals surface area contributed by atoms with Crippen molar-refractivity contribution in [2.75, 3.05) is 50.8 Å². The summed E-state index contributed by atoms with van der Waals surface area (Å²) in [6.45, 7) is 10.8. The fraction of sp³-hybridized carbons (Fsp3) is 0.480. The van der Waals surface area contributed by atoms with Crippen molar-refractivity contribution in [1.82, 2.24) is 14.8 Å². The van der Waals surface area contributed by atoms with Crippen molar-refractivity contribution in [2.24, 2.45) is 0 Å². The first kappa shape index (κ1) is 23.7. The van der Waals surface area contributed by atoms with E-state index in [1.165, 1.54) is 0 Å². The van der Waals surface area contributed by atoms with Crippen LogP contribution in [0.3, 0.4) is 0 Å². The van der Waals surface area contributed by atoms with Gasteiger partial charge in [0.25, 0.3) is 0 Å². The molecule has 0 N–H and O–H groups in total. The predicted octanol–water partition coefficient (Wildman–Crippen LogP) is 3.38. The van der Waals surface area contributed by atoms with Crippen molar-refractivity contribution in [2.45, 2.75) is 33.2 Å². The molecule has 1 saturated heterocycles. The molecule has 0 aliphatic carbocycles. The second-order valence-corrected chi connectivity index (χ2v) is 7.83. The van der Waals surface area contributed by atoms with E-state index in [0.29, 0.717) is 25.3 Å².